The van der Waals surface area contributed by atoms with Crippen LogP contribution in [0.1, 0.15) is 53.4 Å². The van der Waals surface area contributed by atoms with E-state index in [1.54, 1.807) is 6.92 Å². The summed E-state index contributed by atoms with van der Waals surface area (Å²) in [5, 5.41) is 13.5. The number of ether oxygens (including phenoxy) is 2. The molecule has 1 unspecified atom stereocenters. The van der Waals surface area contributed by atoms with Crippen molar-refractivity contribution >= 4 is 23.4 Å². The predicted molar refractivity (Wildman–Crippen MR) is 149 cm³/mol. The Balaban J connectivity index is 1.42. The molecule has 226 valence electrons. The van der Waals surface area contributed by atoms with Crippen LogP contribution in [0, 0.1) is 11.6 Å². The summed E-state index contributed by atoms with van der Waals surface area (Å²) >= 11 is 0. The molecule has 2 N–H and O–H groups in total. The molecule has 2 aromatic heterocycles. The van der Waals surface area contributed by atoms with E-state index in [1.807, 2.05) is 0 Å². The topological polar surface area (TPSA) is 141 Å². The lowest BCUT2D eigenvalue weighted by Gasteiger charge is -2.47. The van der Waals surface area contributed by atoms with Crippen molar-refractivity contribution < 1.29 is 23.0 Å². The van der Waals surface area contributed by atoms with Crippen LogP contribution in [0.15, 0.2) is 23.1 Å². The number of rotatable bonds is 9. The second-order valence-corrected chi connectivity index (χ2v) is 11.2. The molecule has 2 saturated heterocycles. The molecular formula is C27H35F2N9O4. The van der Waals surface area contributed by atoms with E-state index in [9.17, 15) is 14.0 Å². The normalized spacial score (nSPS) is 20.5. The summed E-state index contributed by atoms with van der Waals surface area (Å²) in [6.45, 7) is 8.68. The molecule has 4 heterocycles. The van der Waals surface area contributed by atoms with Crippen molar-refractivity contribution in [2.24, 2.45) is 7.05 Å². The summed E-state index contributed by atoms with van der Waals surface area (Å²) < 4.78 is 42.7. The van der Waals surface area contributed by atoms with Gasteiger partial charge in [-0.1, -0.05) is 0 Å². The number of nitrogens with one attached hydrogen (secondary N) is 2. The molecule has 1 aromatic carbocycles. The molecule has 2 fully saturated rings. The number of carbonyl (C=O) groups excluding carboxylic acids is 1. The van der Waals surface area contributed by atoms with E-state index in [2.05, 4.69) is 49.8 Å². The van der Waals surface area contributed by atoms with E-state index in [-0.39, 0.29) is 47.1 Å². The monoisotopic (exact) mass is 587 g/mol. The molecule has 13 nitrogen and oxygen atoms in total. The second-order valence-electron chi connectivity index (χ2n) is 11.2. The molecule has 42 heavy (non-hydrogen) atoms. The van der Waals surface area contributed by atoms with Crippen LogP contribution in [0.2, 0.25) is 0 Å². The first-order valence-corrected chi connectivity index (χ1v) is 14.0. The summed E-state index contributed by atoms with van der Waals surface area (Å²) in [6.07, 6.45) is 3.84. The number of carbonyl (C=O) groups is 1. The second kappa shape index (κ2) is 11.6. The Morgan fingerprint density at radius 2 is 2.02 bits per heavy atom. The third-order valence-corrected chi connectivity index (χ3v) is 7.71. The van der Waals surface area contributed by atoms with Crippen molar-refractivity contribution in [3.05, 3.63) is 40.4 Å². The minimum Gasteiger partial charge on any atom is -0.477 e. The summed E-state index contributed by atoms with van der Waals surface area (Å²) in [5.74, 6) is -2.31. The zero-order valence-corrected chi connectivity index (χ0v) is 24.2. The summed E-state index contributed by atoms with van der Waals surface area (Å²) in [4.78, 5) is 35.6. The standard InChI is InChI=1S/C27H35F2N9O4/c1-6-41-24(39)15(2)42-22-11-18(28)20(12-21(22)38-26(40)36(5)34-35-38)32-25-30-14-19(29)23(33-25)31-16-10-17-8-7-9-37(17)27(3,4)13-16/h11-12,14-17H,6-10,13H2,1-5H3,(H2,30,31,32,33)/t15?,16-,17-/m1/s1. The maximum absolute atomic E-state index is 15.4. The maximum atomic E-state index is 15.4. The van der Waals surface area contributed by atoms with Crippen molar-refractivity contribution in [1.82, 2.24) is 34.7 Å². The van der Waals surface area contributed by atoms with Gasteiger partial charge in [0.15, 0.2) is 23.6 Å². The fourth-order valence-corrected chi connectivity index (χ4v) is 5.82. The lowest BCUT2D eigenvalue weighted by Crippen LogP contribution is -2.55. The molecule has 0 spiro atoms. The third kappa shape index (κ3) is 5.91. The van der Waals surface area contributed by atoms with Gasteiger partial charge in [-0.05, 0) is 76.4 Å². The SMILES string of the molecule is CCOC(=O)C(C)Oc1cc(F)c(Nc2ncc(F)c(N[C@@H]3C[C@H]4CCCN4C(C)(C)C3)n2)cc1-n1nnn(C)c1=O. The highest BCUT2D eigenvalue weighted by molar-refractivity contribution is 5.75. The largest absolute Gasteiger partial charge is 0.477 e. The van der Waals surface area contributed by atoms with Crippen molar-refractivity contribution in [2.45, 2.75) is 77.1 Å². The van der Waals surface area contributed by atoms with Crippen LogP contribution in [0.4, 0.5) is 26.2 Å². The molecule has 0 radical (unpaired) electrons. The molecule has 0 aliphatic carbocycles. The fourth-order valence-electron chi connectivity index (χ4n) is 5.82. The number of tetrazole rings is 1. The van der Waals surface area contributed by atoms with Gasteiger partial charge in [-0.2, -0.15) is 14.3 Å². The number of anilines is 3. The fraction of sp³-hybridized carbons (Fsp3) is 0.556. The van der Waals surface area contributed by atoms with Gasteiger partial charge in [0.25, 0.3) is 0 Å². The third-order valence-electron chi connectivity index (χ3n) is 7.71. The van der Waals surface area contributed by atoms with Gasteiger partial charge in [-0.25, -0.2) is 23.4 Å². The van der Waals surface area contributed by atoms with Crippen molar-refractivity contribution in [2.75, 3.05) is 23.8 Å². The van der Waals surface area contributed by atoms with Gasteiger partial charge in [0, 0.05) is 30.7 Å². The molecule has 2 aliphatic rings. The van der Waals surface area contributed by atoms with E-state index in [4.69, 9.17) is 9.47 Å². The van der Waals surface area contributed by atoms with Crippen LogP contribution in [0.25, 0.3) is 5.69 Å². The van der Waals surface area contributed by atoms with E-state index < -0.39 is 29.4 Å². The summed E-state index contributed by atoms with van der Waals surface area (Å²) in [5.41, 5.74) is -0.813. The van der Waals surface area contributed by atoms with Crippen LogP contribution in [-0.4, -0.2) is 77.5 Å². The lowest BCUT2D eigenvalue weighted by atomic mass is 9.84. The molecule has 0 saturated carbocycles. The first-order chi connectivity index (χ1) is 20.0. The Labute approximate surface area is 241 Å². The maximum Gasteiger partial charge on any atom is 0.368 e. The number of halogens is 2. The van der Waals surface area contributed by atoms with Crippen LogP contribution in [0.3, 0.4) is 0 Å². The van der Waals surface area contributed by atoms with Gasteiger partial charge in [0.05, 0.1) is 18.5 Å². The van der Waals surface area contributed by atoms with E-state index in [0.717, 1.165) is 53.9 Å². The van der Waals surface area contributed by atoms with Gasteiger partial charge in [0.2, 0.25) is 5.95 Å². The van der Waals surface area contributed by atoms with E-state index in [0.29, 0.717) is 6.04 Å². The average Bonchev–Trinajstić information content (AvgIpc) is 3.54. The number of aromatic nitrogens is 6. The van der Waals surface area contributed by atoms with Gasteiger partial charge in [0.1, 0.15) is 11.4 Å². The zero-order valence-electron chi connectivity index (χ0n) is 24.2. The summed E-state index contributed by atoms with van der Waals surface area (Å²) in [7, 11) is 1.40. The molecule has 5 rings (SSSR count). The Hall–Kier alpha value is -4.14. The van der Waals surface area contributed by atoms with E-state index in [1.165, 1.54) is 20.0 Å². The molecular weight excluding hydrogens is 552 g/mol. The van der Waals surface area contributed by atoms with Crippen LogP contribution >= 0.6 is 0 Å². The number of hydrogen-bond donors (Lipinski definition) is 2. The first-order valence-electron chi connectivity index (χ1n) is 14.0. The highest BCUT2D eigenvalue weighted by atomic mass is 19.1. The van der Waals surface area contributed by atoms with Crippen molar-refractivity contribution in [3.63, 3.8) is 0 Å². The number of fused-ring (bicyclic) bond motifs is 1. The Morgan fingerprint density at radius 1 is 1.24 bits per heavy atom. The molecule has 2 aliphatic heterocycles. The predicted octanol–water partition coefficient (Wildman–Crippen LogP) is 2.93. The average molecular weight is 588 g/mol. The smallest absolute Gasteiger partial charge is 0.368 e. The van der Waals surface area contributed by atoms with Crippen LogP contribution in [0.5, 0.6) is 5.75 Å². The number of piperidine rings is 1. The number of hydrogen-bond acceptors (Lipinski definition) is 11. The molecule has 0 bridgehead atoms. The molecule has 15 heteroatoms. The highest BCUT2D eigenvalue weighted by Crippen LogP contribution is 2.39. The van der Waals surface area contributed by atoms with Gasteiger partial charge in [-0.3, -0.25) is 4.90 Å². The van der Waals surface area contributed by atoms with Crippen LogP contribution < -0.4 is 21.1 Å². The Bertz CT molecular complexity index is 1530. The minimum atomic E-state index is -1.11. The number of nitrogens with zero attached hydrogens (tertiary/aromatic N) is 7. The number of aryl methyl sites for hydroxylation is 1. The van der Waals surface area contributed by atoms with Gasteiger partial charge in [-0.15, -0.1) is 0 Å². The zero-order chi connectivity index (χ0) is 30.2. The molecule has 0 amide bonds. The van der Waals surface area contributed by atoms with Crippen molar-refractivity contribution in [1.29, 1.82) is 0 Å². The Morgan fingerprint density at radius 3 is 2.74 bits per heavy atom. The Kier molecular flexibility index (Phi) is 8.12. The highest BCUT2D eigenvalue weighted by Gasteiger charge is 2.43. The first kappa shape index (κ1) is 29.4. The number of esters is 1. The van der Waals surface area contributed by atoms with Crippen LogP contribution in [-0.2, 0) is 16.6 Å². The molecule has 3 atom stereocenters. The summed E-state index contributed by atoms with van der Waals surface area (Å²) in [6, 6.07) is 2.67. The van der Waals surface area contributed by atoms with Crippen molar-refractivity contribution in [3.8, 4) is 11.4 Å². The van der Waals surface area contributed by atoms with E-state index >= 15 is 4.39 Å². The van der Waals surface area contributed by atoms with Gasteiger partial charge >= 0.3 is 11.7 Å². The lowest BCUT2D eigenvalue weighted by molar-refractivity contribution is -0.150. The number of benzene rings is 1. The van der Waals surface area contributed by atoms with Gasteiger partial charge < -0.3 is 20.1 Å². The quantitative estimate of drug-likeness (QED) is 0.357. The minimum absolute atomic E-state index is 0.000775. The molecule has 3 aromatic rings.